The van der Waals surface area contributed by atoms with Gasteiger partial charge in [0.1, 0.15) is 0 Å². The van der Waals surface area contributed by atoms with Gasteiger partial charge < -0.3 is 20.6 Å². The molecule has 1 atom stereocenters. The normalized spacial score (nSPS) is 15.2. The van der Waals surface area contributed by atoms with E-state index in [1.165, 1.54) is 0 Å². The highest BCUT2D eigenvalue weighted by atomic mass is 31.2. The molecule has 0 unspecified atom stereocenters. The van der Waals surface area contributed by atoms with Gasteiger partial charge in [-0.15, -0.1) is 0 Å². The molecular weight excluding hydrogens is 161 g/mol. The van der Waals surface area contributed by atoms with Crippen LogP contribution in [-0.2, 0) is 9.09 Å². The molecule has 0 aliphatic heterocycles. The van der Waals surface area contributed by atoms with Gasteiger partial charge in [-0.2, -0.15) is 0 Å². The van der Waals surface area contributed by atoms with Crippen LogP contribution < -0.4 is 5.73 Å². The summed E-state index contributed by atoms with van der Waals surface area (Å²) >= 11 is 0. The number of phosphoric ester groups is 1. The van der Waals surface area contributed by atoms with Crippen LogP contribution in [0, 0.1) is 0 Å². The lowest BCUT2D eigenvalue weighted by molar-refractivity contribution is 0.160. The molecule has 0 aromatic rings. The summed E-state index contributed by atoms with van der Waals surface area (Å²) in [6.45, 7) is -0.708. The van der Waals surface area contributed by atoms with E-state index >= 15 is 0 Å². The lowest BCUT2D eigenvalue weighted by Crippen LogP contribution is -2.29. The number of hydrogen-bond donors (Lipinski definition) is 4. The van der Waals surface area contributed by atoms with Gasteiger partial charge in [0.25, 0.3) is 0 Å². The summed E-state index contributed by atoms with van der Waals surface area (Å²) in [5.74, 6) is 0. The predicted molar refractivity (Wildman–Crippen MR) is 33.1 cm³/mol. The average molecular weight is 171 g/mol. The molecule has 0 heterocycles. The molecule has 0 amide bonds. The van der Waals surface area contributed by atoms with Crippen molar-refractivity contribution < 1.29 is 24.0 Å². The van der Waals surface area contributed by atoms with Crippen LogP contribution >= 0.6 is 7.82 Å². The third kappa shape index (κ3) is 6.15. The van der Waals surface area contributed by atoms with Crippen LogP contribution in [0.3, 0.4) is 0 Å². The molecule has 0 saturated carbocycles. The fourth-order valence-electron chi connectivity index (χ4n) is 0.246. The highest BCUT2D eigenvalue weighted by Crippen LogP contribution is 2.35. The minimum absolute atomic E-state index is 0.346. The van der Waals surface area contributed by atoms with Crippen molar-refractivity contribution in [3.05, 3.63) is 0 Å². The zero-order valence-electron chi connectivity index (χ0n) is 5.17. The minimum atomic E-state index is -4.42. The first-order valence-corrected chi connectivity index (χ1v) is 4.05. The zero-order chi connectivity index (χ0) is 8.20. The molecular formula is C3H10NO5P. The molecule has 10 heavy (non-hydrogen) atoms. The first kappa shape index (κ1) is 10.0. The standard InChI is InChI=1S/C3H10NO5P/c4-3(1-5)2-9-10(6,7)8/h3,5H,1-2,4H2,(H2,6,7,8)/t3-/m0/s1. The summed E-state index contributed by atoms with van der Waals surface area (Å²) in [5.41, 5.74) is 5.06. The predicted octanol–water partition coefficient (Wildman–Crippen LogP) is -1.58. The third-order valence-electron chi connectivity index (χ3n) is 0.691. The third-order valence-corrected chi connectivity index (χ3v) is 1.18. The Hall–Kier alpha value is 0.0300. The monoisotopic (exact) mass is 171 g/mol. The zero-order valence-corrected chi connectivity index (χ0v) is 6.07. The van der Waals surface area contributed by atoms with Gasteiger partial charge in [-0.05, 0) is 0 Å². The number of aliphatic hydroxyl groups is 1. The van der Waals surface area contributed by atoms with Crippen molar-refractivity contribution in [1.29, 1.82) is 0 Å². The molecule has 0 fully saturated rings. The molecule has 0 aromatic heterocycles. The Kier molecular flexibility index (Phi) is 4.04. The van der Waals surface area contributed by atoms with Crippen molar-refractivity contribution >= 4 is 7.82 Å². The average Bonchev–Trinajstić information content (AvgIpc) is 1.81. The van der Waals surface area contributed by atoms with E-state index in [0.717, 1.165) is 0 Å². The lowest BCUT2D eigenvalue weighted by Gasteiger charge is -2.08. The van der Waals surface area contributed by atoms with Gasteiger partial charge in [-0.25, -0.2) is 4.57 Å². The van der Waals surface area contributed by atoms with Gasteiger partial charge in [0.15, 0.2) is 0 Å². The van der Waals surface area contributed by atoms with Crippen molar-refractivity contribution in [2.24, 2.45) is 5.73 Å². The second-order valence-corrected chi connectivity index (χ2v) is 2.97. The largest absolute Gasteiger partial charge is 0.469 e. The van der Waals surface area contributed by atoms with Gasteiger partial charge in [0.05, 0.1) is 19.3 Å². The Labute approximate surface area is 57.9 Å². The van der Waals surface area contributed by atoms with Crippen molar-refractivity contribution in [1.82, 2.24) is 0 Å². The van der Waals surface area contributed by atoms with E-state index in [1.54, 1.807) is 0 Å². The Morgan fingerprint density at radius 3 is 2.40 bits per heavy atom. The van der Waals surface area contributed by atoms with Crippen LogP contribution in [0.1, 0.15) is 0 Å². The smallest absolute Gasteiger partial charge is 0.395 e. The lowest BCUT2D eigenvalue weighted by atomic mass is 10.4. The Balaban J connectivity index is 3.46. The fourth-order valence-corrected chi connectivity index (χ4v) is 0.631. The van der Waals surface area contributed by atoms with E-state index in [1.807, 2.05) is 0 Å². The Morgan fingerprint density at radius 1 is 1.60 bits per heavy atom. The van der Waals surface area contributed by atoms with Crippen molar-refractivity contribution in [2.45, 2.75) is 6.04 Å². The van der Waals surface area contributed by atoms with E-state index < -0.39 is 13.9 Å². The molecule has 0 rings (SSSR count). The van der Waals surface area contributed by atoms with Gasteiger partial charge in [-0.3, -0.25) is 4.52 Å². The van der Waals surface area contributed by atoms with E-state index in [9.17, 15) is 4.57 Å². The molecule has 6 nitrogen and oxygen atoms in total. The van der Waals surface area contributed by atoms with Crippen molar-refractivity contribution in [3.8, 4) is 0 Å². The summed E-state index contributed by atoms with van der Waals surface area (Å²) < 4.78 is 14.0. The van der Waals surface area contributed by atoms with Gasteiger partial charge in [0.2, 0.25) is 0 Å². The summed E-state index contributed by atoms with van der Waals surface area (Å²) in [7, 11) is -4.42. The molecule has 0 aromatic carbocycles. The number of aliphatic hydroxyl groups excluding tert-OH is 1. The van der Waals surface area contributed by atoms with E-state index in [-0.39, 0.29) is 13.2 Å². The maximum Gasteiger partial charge on any atom is 0.469 e. The SMILES string of the molecule is N[C@@H](CO)COP(=O)(O)O. The topological polar surface area (TPSA) is 113 Å². The highest BCUT2D eigenvalue weighted by Gasteiger charge is 2.15. The quantitative estimate of drug-likeness (QED) is 0.379. The van der Waals surface area contributed by atoms with E-state index in [4.69, 9.17) is 20.6 Å². The first-order chi connectivity index (χ1) is 4.45. The minimum Gasteiger partial charge on any atom is -0.395 e. The molecule has 0 aliphatic carbocycles. The molecule has 0 aliphatic rings. The van der Waals surface area contributed by atoms with Crippen LogP contribution in [0.2, 0.25) is 0 Å². The number of hydrogen-bond acceptors (Lipinski definition) is 4. The van der Waals surface area contributed by atoms with Gasteiger partial charge >= 0.3 is 7.82 Å². The van der Waals surface area contributed by atoms with Crippen LogP contribution in [0.4, 0.5) is 0 Å². The highest BCUT2D eigenvalue weighted by molar-refractivity contribution is 7.46. The molecule has 62 valence electrons. The van der Waals surface area contributed by atoms with E-state index in [0.29, 0.717) is 0 Å². The summed E-state index contributed by atoms with van der Waals surface area (Å²) in [6.07, 6.45) is 0. The maximum atomic E-state index is 9.99. The Bertz CT molecular complexity index is 133. The van der Waals surface area contributed by atoms with Gasteiger partial charge in [-0.1, -0.05) is 0 Å². The molecule has 0 radical (unpaired) electrons. The van der Waals surface area contributed by atoms with Gasteiger partial charge in [0, 0.05) is 0 Å². The second kappa shape index (κ2) is 4.02. The van der Waals surface area contributed by atoms with Crippen LogP contribution in [-0.4, -0.2) is 34.1 Å². The number of phosphoric acid groups is 1. The maximum absolute atomic E-state index is 9.99. The summed E-state index contributed by atoms with van der Waals surface area (Å²) in [6, 6.07) is -0.743. The first-order valence-electron chi connectivity index (χ1n) is 2.52. The number of nitrogens with two attached hydrogens (primary N) is 1. The second-order valence-electron chi connectivity index (χ2n) is 1.73. The number of rotatable bonds is 4. The van der Waals surface area contributed by atoms with E-state index in [2.05, 4.69) is 4.52 Å². The Morgan fingerprint density at radius 2 is 2.10 bits per heavy atom. The molecule has 0 bridgehead atoms. The van der Waals surface area contributed by atoms with Crippen molar-refractivity contribution in [2.75, 3.05) is 13.2 Å². The fraction of sp³-hybridized carbons (Fsp3) is 1.00. The molecule has 0 saturated heterocycles. The summed E-state index contributed by atoms with van der Waals surface area (Å²) in [5, 5.41) is 8.27. The van der Waals surface area contributed by atoms with Crippen molar-refractivity contribution in [3.63, 3.8) is 0 Å². The van der Waals surface area contributed by atoms with Crippen LogP contribution in [0.15, 0.2) is 0 Å². The molecule has 5 N–H and O–H groups in total. The molecule has 0 spiro atoms. The summed E-state index contributed by atoms with van der Waals surface area (Å²) in [4.78, 5) is 16.2. The molecule has 7 heteroatoms. The van der Waals surface area contributed by atoms with Crippen LogP contribution in [0.5, 0.6) is 0 Å². The van der Waals surface area contributed by atoms with Crippen LogP contribution in [0.25, 0.3) is 0 Å².